The van der Waals surface area contributed by atoms with Crippen molar-refractivity contribution in [1.29, 1.82) is 0 Å². The third kappa shape index (κ3) is 5.39. The maximum absolute atomic E-state index is 14.4. The first-order chi connectivity index (χ1) is 19.6. The van der Waals surface area contributed by atoms with E-state index in [2.05, 4.69) is 21.9 Å². The Balaban J connectivity index is 1.62. The molecular weight excluding hydrogens is 534 g/mol. The molecule has 8 heteroatoms. The standard InChI is InChI=1S/C33H35N3O4S/c1-33(22-8-14-26(38-6)15-9-22,23-10-16-27(39-7)17-11-23)40-32(37)36-28-18-12-24(34(2)3)20-30(28)41-31-21-25(35(4)5)13-19-29(31)36/h8-21H,1-7H3. The Labute approximate surface area is 246 Å². The molecule has 4 aromatic carbocycles. The summed E-state index contributed by atoms with van der Waals surface area (Å²) in [5, 5.41) is 0. The second-order valence-electron chi connectivity index (χ2n) is 10.4. The molecule has 4 aromatic rings. The summed E-state index contributed by atoms with van der Waals surface area (Å²) < 4.78 is 17.3. The van der Waals surface area contributed by atoms with Crippen LogP contribution in [0.15, 0.2) is 94.7 Å². The van der Waals surface area contributed by atoms with Crippen molar-refractivity contribution in [1.82, 2.24) is 0 Å². The van der Waals surface area contributed by atoms with Gasteiger partial charge in [-0.3, -0.25) is 0 Å². The number of rotatable bonds is 7. The Bertz CT molecular complexity index is 1450. The van der Waals surface area contributed by atoms with Gasteiger partial charge in [-0.15, -0.1) is 0 Å². The first-order valence-corrected chi connectivity index (χ1v) is 14.1. The van der Waals surface area contributed by atoms with Gasteiger partial charge in [0, 0.05) is 60.5 Å². The van der Waals surface area contributed by atoms with Crippen LogP contribution in [0.25, 0.3) is 0 Å². The zero-order valence-corrected chi connectivity index (χ0v) is 25.3. The summed E-state index contributed by atoms with van der Waals surface area (Å²) >= 11 is 1.66. The second-order valence-corrected chi connectivity index (χ2v) is 11.5. The fourth-order valence-electron chi connectivity index (χ4n) is 4.86. The SMILES string of the molecule is COc1ccc(C(C)(OC(=O)N2c3ccc(N(C)C)cc3Sc3cc(N(C)C)ccc32)c2ccc(OC)cc2)cc1. The van der Waals surface area contributed by atoms with Crippen molar-refractivity contribution in [3.63, 3.8) is 0 Å². The summed E-state index contributed by atoms with van der Waals surface area (Å²) in [5.74, 6) is 1.45. The first-order valence-electron chi connectivity index (χ1n) is 13.3. The molecule has 41 heavy (non-hydrogen) atoms. The quantitative estimate of drug-likeness (QED) is 0.228. The molecule has 0 atom stereocenters. The minimum atomic E-state index is -1.10. The average molecular weight is 570 g/mol. The van der Waals surface area contributed by atoms with Crippen LogP contribution < -0.4 is 24.2 Å². The van der Waals surface area contributed by atoms with E-state index < -0.39 is 11.7 Å². The van der Waals surface area contributed by atoms with Crippen LogP contribution in [-0.4, -0.2) is 48.5 Å². The fourth-order valence-corrected chi connectivity index (χ4v) is 5.99. The zero-order chi connectivity index (χ0) is 29.3. The number of hydrogen-bond acceptors (Lipinski definition) is 7. The number of hydrogen-bond donors (Lipinski definition) is 0. The van der Waals surface area contributed by atoms with Crippen molar-refractivity contribution in [3.8, 4) is 11.5 Å². The smallest absolute Gasteiger partial charge is 0.420 e. The molecule has 0 aliphatic carbocycles. The highest BCUT2D eigenvalue weighted by Crippen LogP contribution is 2.51. The normalized spacial score (nSPS) is 12.2. The van der Waals surface area contributed by atoms with E-state index in [0.717, 1.165) is 55.2 Å². The molecule has 0 radical (unpaired) electrons. The average Bonchev–Trinajstić information content (AvgIpc) is 2.99. The van der Waals surface area contributed by atoms with Crippen LogP contribution in [0.3, 0.4) is 0 Å². The largest absolute Gasteiger partial charge is 0.497 e. The predicted molar refractivity (Wildman–Crippen MR) is 167 cm³/mol. The van der Waals surface area contributed by atoms with Crippen LogP contribution in [0, 0.1) is 0 Å². The van der Waals surface area contributed by atoms with E-state index in [-0.39, 0.29) is 0 Å². The van der Waals surface area contributed by atoms with Crippen molar-refractivity contribution >= 4 is 40.6 Å². The van der Waals surface area contributed by atoms with E-state index >= 15 is 0 Å². The summed E-state index contributed by atoms with van der Waals surface area (Å²) in [6.45, 7) is 1.92. The molecule has 0 aromatic heterocycles. The third-order valence-electron chi connectivity index (χ3n) is 7.38. The molecule has 1 amide bonds. The number of anilines is 4. The van der Waals surface area contributed by atoms with Gasteiger partial charge in [-0.1, -0.05) is 36.0 Å². The van der Waals surface area contributed by atoms with Gasteiger partial charge in [-0.25, -0.2) is 9.69 Å². The topological polar surface area (TPSA) is 54.5 Å². The molecule has 0 spiro atoms. The summed E-state index contributed by atoms with van der Waals surface area (Å²) in [7, 11) is 11.3. The number of nitrogens with zero attached hydrogens (tertiary/aromatic N) is 3. The molecule has 0 bridgehead atoms. The van der Waals surface area contributed by atoms with Crippen molar-refractivity contribution in [2.75, 3.05) is 57.1 Å². The highest BCUT2D eigenvalue weighted by molar-refractivity contribution is 7.99. The minimum Gasteiger partial charge on any atom is -0.497 e. The molecule has 0 saturated heterocycles. The van der Waals surface area contributed by atoms with Crippen molar-refractivity contribution in [2.45, 2.75) is 22.3 Å². The predicted octanol–water partition coefficient (Wildman–Crippen LogP) is 7.54. The lowest BCUT2D eigenvalue weighted by Gasteiger charge is -2.36. The Morgan fingerprint density at radius 1 is 0.683 bits per heavy atom. The lowest BCUT2D eigenvalue weighted by molar-refractivity contribution is 0.0593. The monoisotopic (exact) mass is 569 g/mol. The van der Waals surface area contributed by atoms with Crippen LogP contribution in [0.4, 0.5) is 27.5 Å². The van der Waals surface area contributed by atoms with Gasteiger partial charge in [-0.2, -0.15) is 0 Å². The lowest BCUT2D eigenvalue weighted by Crippen LogP contribution is -2.38. The van der Waals surface area contributed by atoms with Gasteiger partial charge in [0.15, 0.2) is 5.60 Å². The van der Waals surface area contributed by atoms with Gasteiger partial charge < -0.3 is 24.0 Å². The second kappa shape index (κ2) is 11.3. The third-order valence-corrected chi connectivity index (χ3v) is 8.47. The van der Waals surface area contributed by atoms with E-state index in [1.165, 1.54) is 0 Å². The number of methoxy groups -OCH3 is 2. The molecule has 0 saturated carbocycles. The highest BCUT2D eigenvalue weighted by Gasteiger charge is 2.38. The molecule has 1 heterocycles. The van der Waals surface area contributed by atoms with E-state index in [4.69, 9.17) is 14.2 Å². The fraction of sp³-hybridized carbons (Fsp3) is 0.242. The number of amides is 1. The number of carbonyl (C=O) groups excluding carboxylic acids is 1. The minimum absolute atomic E-state index is 0.475. The van der Waals surface area contributed by atoms with Crippen molar-refractivity contribution in [3.05, 3.63) is 96.1 Å². The zero-order valence-electron chi connectivity index (χ0n) is 24.5. The van der Waals surface area contributed by atoms with Gasteiger partial charge in [-0.05, 0) is 67.6 Å². The summed E-state index contributed by atoms with van der Waals surface area (Å²) in [6, 6.07) is 27.4. The molecule has 212 valence electrons. The lowest BCUT2D eigenvalue weighted by atomic mass is 9.88. The van der Waals surface area contributed by atoms with E-state index in [1.54, 1.807) is 30.9 Å². The van der Waals surface area contributed by atoms with Crippen LogP contribution >= 0.6 is 11.8 Å². The number of carbonyl (C=O) groups is 1. The van der Waals surface area contributed by atoms with Gasteiger partial charge >= 0.3 is 6.09 Å². The molecular formula is C33H35N3O4S. The molecule has 5 rings (SSSR count). The number of benzene rings is 4. The van der Waals surface area contributed by atoms with E-state index in [0.29, 0.717) is 0 Å². The molecule has 0 unspecified atom stereocenters. The Kier molecular flexibility index (Phi) is 7.78. The van der Waals surface area contributed by atoms with E-state index in [9.17, 15) is 4.79 Å². The molecule has 1 aliphatic rings. The summed E-state index contributed by atoms with van der Waals surface area (Å²) in [6.07, 6.45) is -0.475. The molecule has 0 N–H and O–H groups in total. The number of fused-ring (bicyclic) bond motifs is 2. The van der Waals surface area contributed by atoms with Gasteiger partial charge in [0.25, 0.3) is 0 Å². The van der Waals surface area contributed by atoms with Crippen LogP contribution in [0.5, 0.6) is 11.5 Å². The van der Waals surface area contributed by atoms with E-state index in [1.807, 2.05) is 108 Å². The molecule has 7 nitrogen and oxygen atoms in total. The van der Waals surface area contributed by atoms with Gasteiger partial charge in [0.1, 0.15) is 11.5 Å². The summed E-state index contributed by atoms with van der Waals surface area (Å²) in [4.78, 5) is 22.1. The van der Waals surface area contributed by atoms with Crippen molar-refractivity contribution in [2.24, 2.45) is 0 Å². The Morgan fingerprint density at radius 2 is 1.10 bits per heavy atom. The maximum atomic E-state index is 14.4. The van der Waals surface area contributed by atoms with Crippen LogP contribution in [0.2, 0.25) is 0 Å². The van der Waals surface area contributed by atoms with Crippen LogP contribution in [-0.2, 0) is 10.3 Å². The van der Waals surface area contributed by atoms with Crippen LogP contribution in [0.1, 0.15) is 18.1 Å². The molecule has 0 fully saturated rings. The number of ether oxygens (including phenoxy) is 3. The summed E-state index contributed by atoms with van der Waals surface area (Å²) in [5.41, 5.74) is 4.19. The van der Waals surface area contributed by atoms with Gasteiger partial charge in [0.05, 0.1) is 25.6 Å². The van der Waals surface area contributed by atoms with Crippen molar-refractivity contribution < 1.29 is 19.0 Å². The molecule has 1 aliphatic heterocycles. The Hall–Kier alpha value is -4.30. The first kappa shape index (κ1) is 28.2. The maximum Gasteiger partial charge on any atom is 0.420 e. The van der Waals surface area contributed by atoms with Gasteiger partial charge in [0.2, 0.25) is 0 Å². The highest BCUT2D eigenvalue weighted by atomic mass is 32.2. The Morgan fingerprint density at radius 3 is 1.46 bits per heavy atom.